The van der Waals surface area contributed by atoms with Gasteiger partial charge in [0.1, 0.15) is 11.5 Å². The molecular weight excluding hydrogens is 404 g/mol. The van der Waals surface area contributed by atoms with Gasteiger partial charge >= 0.3 is 5.97 Å². The molecule has 0 fully saturated rings. The van der Waals surface area contributed by atoms with E-state index in [0.29, 0.717) is 16.9 Å². The lowest BCUT2D eigenvalue weighted by Crippen LogP contribution is -2.18. The number of aryl methyl sites for hydroxylation is 1. The van der Waals surface area contributed by atoms with E-state index in [2.05, 4.69) is 10.5 Å². The molecule has 0 unspecified atom stereocenters. The average molecular weight is 424 g/mol. The van der Waals surface area contributed by atoms with Gasteiger partial charge in [-0.3, -0.25) is 4.79 Å². The molecule has 0 saturated carbocycles. The Balaban J connectivity index is 1.64. The van der Waals surface area contributed by atoms with Crippen molar-refractivity contribution in [2.24, 2.45) is 5.10 Å². The molecule has 4 rings (SSSR count). The van der Waals surface area contributed by atoms with Crippen molar-refractivity contribution >= 4 is 28.9 Å². The van der Waals surface area contributed by atoms with Crippen LogP contribution in [0.15, 0.2) is 90.0 Å². The van der Waals surface area contributed by atoms with E-state index in [9.17, 15) is 14.7 Å². The largest absolute Gasteiger partial charge is 0.507 e. The van der Waals surface area contributed by atoms with Crippen molar-refractivity contribution in [2.45, 2.75) is 6.92 Å². The Morgan fingerprint density at radius 2 is 1.72 bits per heavy atom. The van der Waals surface area contributed by atoms with Crippen LogP contribution in [0.5, 0.6) is 11.5 Å². The zero-order valence-corrected chi connectivity index (χ0v) is 17.3. The lowest BCUT2D eigenvalue weighted by molar-refractivity contribution is 0.0734. The number of rotatable bonds is 5. The van der Waals surface area contributed by atoms with E-state index in [4.69, 9.17) is 4.74 Å². The number of ether oxygens (including phenoxy) is 1. The van der Waals surface area contributed by atoms with E-state index in [-0.39, 0.29) is 11.3 Å². The first-order chi connectivity index (χ1) is 15.5. The summed E-state index contributed by atoms with van der Waals surface area (Å²) in [5, 5.41) is 15.6. The zero-order valence-electron chi connectivity index (χ0n) is 17.3. The molecule has 0 atom stereocenters. The highest BCUT2D eigenvalue weighted by atomic mass is 16.5. The second-order valence-electron chi connectivity index (χ2n) is 7.17. The van der Waals surface area contributed by atoms with E-state index < -0.39 is 11.9 Å². The van der Waals surface area contributed by atoms with Crippen molar-refractivity contribution in [3.05, 3.63) is 107 Å². The summed E-state index contributed by atoms with van der Waals surface area (Å²) in [6.07, 6.45) is 1.43. The van der Waals surface area contributed by atoms with Crippen LogP contribution in [-0.2, 0) is 0 Å². The van der Waals surface area contributed by atoms with Gasteiger partial charge in [0.2, 0.25) is 0 Å². The Morgan fingerprint density at radius 1 is 0.938 bits per heavy atom. The topological polar surface area (TPSA) is 88.0 Å². The van der Waals surface area contributed by atoms with E-state index in [0.717, 1.165) is 16.3 Å². The Morgan fingerprint density at radius 3 is 2.53 bits per heavy atom. The first-order valence-electron chi connectivity index (χ1n) is 9.95. The summed E-state index contributed by atoms with van der Waals surface area (Å²) in [5.41, 5.74) is 4.44. The Hall–Kier alpha value is -4.45. The number of fused-ring (bicyclic) bond motifs is 1. The fraction of sp³-hybridized carbons (Fsp3) is 0.0385. The molecule has 158 valence electrons. The molecule has 4 aromatic carbocycles. The van der Waals surface area contributed by atoms with Crippen LogP contribution in [0.3, 0.4) is 0 Å². The summed E-state index contributed by atoms with van der Waals surface area (Å²) in [6.45, 7) is 1.90. The molecule has 0 aliphatic rings. The summed E-state index contributed by atoms with van der Waals surface area (Å²) in [4.78, 5) is 25.0. The number of benzene rings is 4. The number of hydrogen-bond donors (Lipinski definition) is 2. The molecule has 4 aromatic rings. The maximum atomic E-state index is 12.7. The number of hydrogen-bond acceptors (Lipinski definition) is 5. The highest BCUT2D eigenvalue weighted by molar-refractivity contribution is 6.04. The minimum absolute atomic E-state index is 0.105. The maximum Gasteiger partial charge on any atom is 0.343 e. The quantitative estimate of drug-likeness (QED) is 0.208. The van der Waals surface area contributed by atoms with Gasteiger partial charge < -0.3 is 9.84 Å². The van der Waals surface area contributed by atoms with Gasteiger partial charge in [-0.25, -0.2) is 10.2 Å². The Kier molecular flexibility index (Phi) is 5.94. The van der Waals surface area contributed by atoms with Crippen LogP contribution in [0.2, 0.25) is 0 Å². The minimum Gasteiger partial charge on any atom is -0.507 e. The van der Waals surface area contributed by atoms with Crippen molar-refractivity contribution in [3.8, 4) is 11.5 Å². The van der Waals surface area contributed by atoms with Gasteiger partial charge in [0, 0.05) is 5.56 Å². The van der Waals surface area contributed by atoms with Crippen LogP contribution in [0, 0.1) is 6.92 Å². The third kappa shape index (κ3) is 4.49. The normalized spacial score (nSPS) is 10.9. The molecule has 0 heterocycles. The third-order valence-corrected chi connectivity index (χ3v) is 4.90. The molecule has 0 radical (unpaired) electrons. The second-order valence-corrected chi connectivity index (χ2v) is 7.17. The van der Waals surface area contributed by atoms with Gasteiger partial charge in [-0.2, -0.15) is 5.10 Å². The molecule has 32 heavy (non-hydrogen) atoms. The number of phenols is 1. The standard InChI is InChI=1S/C26H20N2O4/c1-17-7-6-9-19(15-17)26(31)32-24-14-13-18-8-2-3-10-20(18)22(24)16-27-28-25(30)21-11-4-5-12-23(21)29/h2-16,29H,1H3,(H,28,30)/b27-16-. The number of phenolic OH excluding ortho intramolecular Hbond substituents is 1. The molecule has 0 bridgehead atoms. The number of carbonyl (C=O) groups is 2. The summed E-state index contributed by atoms with van der Waals surface area (Å²) in [5.74, 6) is -0.872. The highest BCUT2D eigenvalue weighted by Crippen LogP contribution is 2.27. The van der Waals surface area contributed by atoms with Crippen molar-refractivity contribution in [2.75, 3.05) is 0 Å². The summed E-state index contributed by atoms with van der Waals surface area (Å²) in [6, 6.07) is 24.5. The number of para-hydroxylation sites is 1. The van der Waals surface area contributed by atoms with Gasteiger partial charge in [0.25, 0.3) is 5.91 Å². The van der Waals surface area contributed by atoms with Gasteiger partial charge in [-0.15, -0.1) is 0 Å². The van der Waals surface area contributed by atoms with Crippen LogP contribution in [-0.4, -0.2) is 23.2 Å². The van der Waals surface area contributed by atoms with Crippen LogP contribution in [0.4, 0.5) is 0 Å². The van der Waals surface area contributed by atoms with Crippen LogP contribution in [0.1, 0.15) is 31.8 Å². The molecule has 0 saturated heterocycles. The molecule has 0 aliphatic carbocycles. The van der Waals surface area contributed by atoms with E-state index in [1.807, 2.05) is 43.3 Å². The SMILES string of the molecule is Cc1cccc(C(=O)Oc2ccc3ccccc3c2/C=N\NC(=O)c2ccccc2O)c1. The summed E-state index contributed by atoms with van der Waals surface area (Å²) in [7, 11) is 0. The number of aromatic hydroxyl groups is 1. The smallest absolute Gasteiger partial charge is 0.343 e. The molecule has 0 aromatic heterocycles. The monoisotopic (exact) mass is 424 g/mol. The predicted molar refractivity (Wildman–Crippen MR) is 123 cm³/mol. The Labute approximate surface area is 184 Å². The first-order valence-corrected chi connectivity index (χ1v) is 9.95. The Bertz CT molecular complexity index is 1340. The molecule has 6 heteroatoms. The third-order valence-electron chi connectivity index (χ3n) is 4.90. The van der Waals surface area contributed by atoms with Gasteiger partial charge in [-0.1, -0.05) is 60.2 Å². The number of carbonyl (C=O) groups excluding carboxylic acids is 2. The van der Waals surface area contributed by atoms with Crippen LogP contribution in [0.25, 0.3) is 10.8 Å². The molecule has 0 spiro atoms. The predicted octanol–water partition coefficient (Wildman–Crippen LogP) is 4.84. The van der Waals surface area contributed by atoms with Crippen molar-refractivity contribution in [1.29, 1.82) is 0 Å². The molecule has 2 N–H and O–H groups in total. The van der Waals surface area contributed by atoms with E-state index >= 15 is 0 Å². The van der Waals surface area contributed by atoms with Gasteiger partial charge in [0.15, 0.2) is 0 Å². The van der Waals surface area contributed by atoms with Crippen molar-refractivity contribution in [1.82, 2.24) is 5.43 Å². The highest BCUT2D eigenvalue weighted by Gasteiger charge is 2.14. The van der Waals surface area contributed by atoms with Crippen LogP contribution < -0.4 is 10.2 Å². The number of nitrogens with zero attached hydrogens (tertiary/aromatic N) is 1. The van der Waals surface area contributed by atoms with Crippen LogP contribution >= 0.6 is 0 Å². The fourth-order valence-electron chi connectivity index (χ4n) is 3.31. The number of amides is 1. The van der Waals surface area contributed by atoms with E-state index in [1.54, 1.807) is 36.4 Å². The summed E-state index contributed by atoms with van der Waals surface area (Å²) >= 11 is 0. The summed E-state index contributed by atoms with van der Waals surface area (Å²) < 4.78 is 5.67. The molecular formula is C26H20N2O4. The molecule has 0 aliphatic heterocycles. The number of esters is 1. The molecule has 1 amide bonds. The average Bonchev–Trinajstić information content (AvgIpc) is 2.80. The van der Waals surface area contributed by atoms with Crippen molar-refractivity contribution in [3.63, 3.8) is 0 Å². The second kappa shape index (κ2) is 9.14. The lowest BCUT2D eigenvalue weighted by Gasteiger charge is -2.11. The number of nitrogens with one attached hydrogen (secondary N) is 1. The lowest BCUT2D eigenvalue weighted by atomic mass is 10.0. The first kappa shape index (κ1) is 20.8. The van der Waals surface area contributed by atoms with E-state index in [1.165, 1.54) is 18.3 Å². The van der Waals surface area contributed by atoms with Gasteiger partial charge in [0.05, 0.1) is 17.3 Å². The minimum atomic E-state index is -0.558. The molecule has 6 nitrogen and oxygen atoms in total. The maximum absolute atomic E-state index is 12.7. The van der Waals surface area contributed by atoms with Crippen molar-refractivity contribution < 1.29 is 19.4 Å². The van der Waals surface area contributed by atoms with Gasteiger partial charge in [-0.05, 0) is 48.0 Å². The number of hydrazone groups is 1. The fourth-order valence-corrected chi connectivity index (χ4v) is 3.31. The zero-order chi connectivity index (χ0) is 22.5.